The molecule has 2 aromatic carbocycles. The first kappa shape index (κ1) is 17.1. The third-order valence-corrected chi connectivity index (χ3v) is 5.15. The number of nitrogens with one attached hydrogen (secondary N) is 1. The number of anilines is 1. The molecule has 0 aliphatic carbocycles. The van der Waals surface area contributed by atoms with Gasteiger partial charge in [0.15, 0.2) is 0 Å². The van der Waals surface area contributed by atoms with Crippen molar-refractivity contribution >= 4 is 28.2 Å². The van der Waals surface area contributed by atoms with Crippen molar-refractivity contribution in [2.75, 3.05) is 31.1 Å². The van der Waals surface area contributed by atoms with Crippen molar-refractivity contribution in [1.82, 2.24) is 9.88 Å². The van der Waals surface area contributed by atoms with E-state index in [1.807, 2.05) is 30.3 Å². The van der Waals surface area contributed by atoms with E-state index in [9.17, 15) is 9.18 Å². The van der Waals surface area contributed by atoms with Gasteiger partial charge in [0, 0.05) is 55.5 Å². The minimum absolute atomic E-state index is 0.139. The van der Waals surface area contributed by atoms with Gasteiger partial charge in [-0.1, -0.05) is 17.7 Å². The molecule has 4 rings (SSSR count). The van der Waals surface area contributed by atoms with Gasteiger partial charge in [0.25, 0.3) is 0 Å². The number of rotatable bonds is 3. The Hall–Kier alpha value is -2.37. The summed E-state index contributed by atoms with van der Waals surface area (Å²) >= 11 is 5.88. The van der Waals surface area contributed by atoms with E-state index in [1.54, 1.807) is 0 Å². The summed E-state index contributed by atoms with van der Waals surface area (Å²) in [4.78, 5) is 19.8. The summed E-state index contributed by atoms with van der Waals surface area (Å²) in [5.74, 6) is -0.206. The van der Waals surface area contributed by atoms with Crippen LogP contribution in [-0.2, 0) is 6.54 Å². The van der Waals surface area contributed by atoms with Gasteiger partial charge >= 0.3 is 0 Å². The van der Waals surface area contributed by atoms with Crippen molar-refractivity contribution in [2.45, 2.75) is 6.54 Å². The van der Waals surface area contributed by atoms with E-state index in [2.05, 4.69) is 14.8 Å². The molecule has 0 radical (unpaired) electrons. The van der Waals surface area contributed by atoms with Gasteiger partial charge in [-0.15, -0.1) is 0 Å². The van der Waals surface area contributed by atoms with E-state index in [4.69, 9.17) is 11.6 Å². The lowest BCUT2D eigenvalue weighted by atomic mass is 10.1. The molecule has 3 aromatic rings. The van der Waals surface area contributed by atoms with E-state index in [0.29, 0.717) is 5.39 Å². The van der Waals surface area contributed by atoms with Crippen LogP contribution in [0.4, 0.5) is 10.1 Å². The molecule has 6 heteroatoms. The van der Waals surface area contributed by atoms with Crippen molar-refractivity contribution in [2.24, 2.45) is 0 Å². The van der Waals surface area contributed by atoms with Gasteiger partial charge in [-0.3, -0.25) is 9.69 Å². The molecular formula is C20H19ClFN3O. The summed E-state index contributed by atoms with van der Waals surface area (Å²) in [6.07, 6.45) is 1.54. The van der Waals surface area contributed by atoms with E-state index >= 15 is 0 Å². The molecule has 2 heterocycles. The fraction of sp³-hybridized carbons (Fsp3) is 0.250. The third kappa shape index (κ3) is 3.45. The number of hydrogen-bond donors (Lipinski definition) is 1. The second-order valence-corrected chi connectivity index (χ2v) is 6.99. The molecule has 1 N–H and O–H groups in total. The molecule has 1 aromatic heterocycles. The fourth-order valence-corrected chi connectivity index (χ4v) is 3.57. The van der Waals surface area contributed by atoms with Crippen LogP contribution in [0.1, 0.15) is 5.56 Å². The summed E-state index contributed by atoms with van der Waals surface area (Å²) < 4.78 is 13.1. The highest BCUT2D eigenvalue weighted by Crippen LogP contribution is 2.19. The van der Waals surface area contributed by atoms with Crippen LogP contribution < -0.4 is 10.3 Å². The maximum atomic E-state index is 13.1. The Bertz CT molecular complexity index is 979. The lowest BCUT2D eigenvalue weighted by molar-refractivity contribution is 0.250. The van der Waals surface area contributed by atoms with Crippen LogP contribution in [0, 0.1) is 5.82 Å². The molecule has 1 aliphatic rings. The molecule has 0 bridgehead atoms. The van der Waals surface area contributed by atoms with Gasteiger partial charge in [0.05, 0.1) is 0 Å². The molecule has 1 aliphatic heterocycles. The first-order valence-electron chi connectivity index (χ1n) is 8.63. The maximum absolute atomic E-state index is 13.1. The van der Waals surface area contributed by atoms with Crippen LogP contribution in [0.15, 0.2) is 53.5 Å². The largest absolute Gasteiger partial charge is 0.369 e. The van der Waals surface area contributed by atoms with Gasteiger partial charge in [-0.05, 0) is 42.0 Å². The molecule has 0 spiro atoms. The summed E-state index contributed by atoms with van der Waals surface area (Å²) in [6.45, 7) is 4.52. The molecule has 0 atom stereocenters. The van der Waals surface area contributed by atoms with E-state index in [-0.39, 0.29) is 16.3 Å². The number of fused-ring (bicyclic) bond motifs is 1. The maximum Gasteiger partial charge on any atom is 0.207 e. The van der Waals surface area contributed by atoms with E-state index < -0.39 is 0 Å². The first-order chi connectivity index (χ1) is 12.6. The molecule has 0 unspecified atom stereocenters. The van der Waals surface area contributed by atoms with Crippen molar-refractivity contribution in [3.8, 4) is 0 Å². The molecule has 1 fully saturated rings. The van der Waals surface area contributed by atoms with Gasteiger partial charge in [-0.25, -0.2) is 4.39 Å². The topological polar surface area (TPSA) is 39.3 Å². The van der Waals surface area contributed by atoms with Crippen molar-refractivity contribution in [3.05, 3.63) is 75.3 Å². The van der Waals surface area contributed by atoms with Crippen molar-refractivity contribution in [3.63, 3.8) is 0 Å². The molecule has 26 heavy (non-hydrogen) atoms. The van der Waals surface area contributed by atoms with Gasteiger partial charge < -0.3 is 9.88 Å². The van der Waals surface area contributed by atoms with Crippen LogP contribution in [-0.4, -0.2) is 36.1 Å². The number of nitrogens with zero attached hydrogens (tertiary/aromatic N) is 2. The highest BCUT2D eigenvalue weighted by atomic mass is 35.5. The highest BCUT2D eigenvalue weighted by Gasteiger charge is 2.17. The van der Waals surface area contributed by atoms with Crippen LogP contribution in [0.2, 0.25) is 5.02 Å². The lowest BCUT2D eigenvalue weighted by Gasteiger charge is -2.36. The Morgan fingerprint density at radius 2 is 1.77 bits per heavy atom. The number of benzene rings is 2. The summed E-state index contributed by atoms with van der Waals surface area (Å²) in [5, 5.41) is 0.824. The van der Waals surface area contributed by atoms with Crippen LogP contribution in [0.3, 0.4) is 0 Å². The Morgan fingerprint density at radius 1 is 1.04 bits per heavy atom. The van der Waals surface area contributed by atoms with Crippen molar-refractivity contribution in [1.29, 1.82) is 0 Å². The van der Waals surface area contributed by atoms with Crippen LogP contribution >= 0.6 is 11.6 Å². The molecule has 4 nitrogen and oxygen atoms in total. The fourth-order valence-electron chi connectivity index (χ4n) is 3.42. The Labute approximate surface area is 155 Å². The SMILES string of the molecule is O=c1c(Cl)c[nH]c2cc(CN3CCN(c4ccc(F)cc4)CC3)ccc12. The number of pyridine rings is 1. The van der Waals surface area contributed by atoms with E-state index in [0.717, 1.165) is 49.5 Å². The normalized spacial score (nSPS) is 15.5. The summed E-state index contributed by atoms with van der Waals surface area (Å²) in [6, 6.07) is 12.5. The van der Waals surface area contributed by atoms with Gasteiger partial charge in [-0.2, -0.15) is 0 Å². The average molecular weight is 372 g/mol. The van der Waals surface area contributed by atoms with Crippen LogP contribution in [0.5, 0.6) is 0 Å². The number of aromatic nitrogens is 1. The lowest BCUT2D eigenvalue weighted by Crippen LogP contribution is -2.45. The minimum atomic E-state index is -0.206. The standard InChI is InChI=1S/C20H19ClFN3O/c21-18-12-23-19-11-14(1-6-17(19)20(18)26)13-24-7-9-25(10-8-24)16-4-2-15(22)3-5-16/h1-6,11-12H,7-10,13H2,(H,23,26). The zero-order valence-corrected chi connectivity index (χ0v) is 15.0. The predicted octanol–water partition coefficient (Wildman–Crippen LogP) is 3.64. The highest BCUT2D eigenvalue weighted by molar-refractivity contribution is 6.31. The predicted molar refractivity (Wildman–Crippen MR) is 103 cm³/mol. The smallest absolute Gasteiger partial charge is 0.207 e. The third-order valence-electron chi connectivity index (χ3n) is 4.87. The monoisotopic (exact) mass is 371 g/mol. The van der Waals surface area contributed by atoms with Gasteiger partial charge in [0.1, 0.15) is 10.8 Å². The Balaban J connectivity index is 1.43. The quantitative estimate of drug-likeness (QED) is 0.764. The van der Waals surface area contributed by atoms with Gasteiger partial charge in [0.2, 0.25) is 5.43 Å². The summed E-state index contributed by atoms with van der Waals surface area (Å²) in [5.41, 5.74) is 2.89. The second-order valence-electron chi connectivity index (χ2n) is 6.59. The molecule has 1 saturated heterocycles. The Kier molecular flexibility index (Phi) is 4.66. The number of aromatic amines is 1. The number of halogens is 2. The Morgan fingerprint density at radius 3 is 2.50 bits per heavy atom. The second kappa shape index (κ2) is 7.09. The molecular weight excluding hydrogens is 353 g/mol. The molecule has 134 valence electrons. The zero-order valence-electron chi connectivity index (χ0n) is 14.2. The zero-order chi connectivity index (χ0) is 18.1. The van der Waals surface area contributed by atoms with Crippen molar-refractivity contribution < 1.29 is 4.39 Å². The number of piperazine rings is 1. The van der Waals surface area contributed by atoms with Crippen LogP contribution in [0.25, 0.3) is 10.9 Å². The van der Waals surface area contributed by atoms with E-state index in [1.165, 1.54) is 18.3 Å². The minimum Gasteiger partial charge on any atom is -0.369 e. The average Bonchev–Trinajstić information content (AvgIpc) is 2.66. The molecule has 0 amide bonds. The number of hydrogen-bond acceptors (Lipinski definition) is 3. The summed E-state index contributed by atoms with van der Waals surface area (Å²) in [7, 11) is 0. The number of H-pyrrole nitrogens is 1. The first-order valence-corrected chi connectivity index (χ1v) is 9.01. The molecule has 0 saturated carbocycles.